The summed E-state index contributed by atoms with van der Waals surface area (Å²) >= 11 is 7.64. The number of ether oxygens (including phenoxy) is 1. The zero-order valence-electron chi connectivity index (χ0n) is 16.3. The summed E-state index contributed by atoms with van der Waals surface area (Å²) in [6, 6.07) is 15.1. The number of halogens is 1. The molecule has 1 aliphatic heterocycles. The lowest BCUT2D eigenvalue weighted by atomic mass is 10.0. The highest BCUT2D eigenvalue weighted by molar-refractivity contribution is 7.99. The molecule has 0 bridgehead atoms. The first kappa shape index (κ1) is 19.8. The van der Waals surface area contributed by atoms with Gasteiger partial charge in [0, 0.05) is 21.5 Å². The third kappa shape index (κ3) is 3.72. The van der Waals surface area contributed by atoms with Crippen molar-refractivity contribution in [3.63, 3.8) is 0 Å². The molecule has 0 radical (unpaired) electrons. The summed E-state index contributed by atoms with van der Waals surface area (Å²) in [5.41, 5.74) is 2.54. The Kier molecular flexibility index (Phi) is 5.05. The molecule has 2 aromatic carbocycles. The van der Waals surface area contributed by atoms with Crippen LogP contribution >= 0.6 is 23.4 Å². The Morgan fingerprint density at radius 1 is 1.17 bits per heavy atom. The zero-order valence-corrected chi connectivity index (χ0v) is 17.9. The highest BCUT2D eigenvalue weighted by atomic mass is 35.5. The molecule has 0 saturated heterocycles. The predicted molar refractivity (Wildman–Crippen MR) is 118 cm³/mol. The number of benzene rings is 2. The highest BCUT2D eigenvalue weighted by Gasteiger charge is 2.32. The number of fused-ring (bicyclic) bond motifs is 3. The molecule has 148 valence electrons. The molecule has 0 unspecified atom stereocenters. The van der Waals surface area contributed by atoms with Crippen molar-refractivity contribution in [2.45, 2.75) is 36.6 Å². The predicted octanol–water partition coefficient (Wildman–Crippen LogP) is 6.51. The second-order valence-electron chi connectivity index (χ2n) is 7.87. The largest absolute Gasteiger partial charge is 0.443 e. The van der Waals surface area contributed by atoms with Gasteiger partial charge in [-0.2, -0.15) is 0 Å². The average Bonchev–Trinajstić information content (AvgIpc) is 2.99. The van der Waals surface area contributed by atoms with Gasteiger partial charge in [-0.25, -0.2) is 9.36 Å². The second kappa shape index (κ2) is 7.39. The Balaban J connectivity index is 1.91. The number of rotatable bonds is 2. The molecule has 29 heavy (non-hydrogen) atoms. The van der Waals surface area contributed by atoms with E-state index >= 15 is 0 Å². The third-order valence-corrected chi connectivity index (χ3v) is 6.22. The SMILES string of the molecule is CC(C)(C)OC(=O)n1c2c(c3ccccc31)C=C(C=O)[C@@H](c1cccc(Cl)c1)S2. The van der Waals surface area contributed by atoms with E-state index in [0.29, 0.717) is 10.6 Å². The minimum atomic E-state index is -0.620. The van der Waals surface area contributed by atoms with E-state index in [1.165, 1.54) is 11.8 Å². The van der Waals surface area contributed by atoms with Crippen LogP contribution < -0.4 is 0 Å². The standard InChI is InChI=1S/C23H20ClNO3S/c1-23(2,3)28-22(27)25-19-10-5-4-9-17(19)18-12-15(13-26)20(29-21(18)25)14-7-6-8-16(24)11-14/h4-13,20H,1-3H3/t20-/m1/s1. The van der Waals surface area contributed by atoms with Gasteiger partial charge < -0.3 is 4.74 Å². The summed E-state index contributed by atoms with van der Waals surface area (Å²) in [5.74, 6) is 0. The molecule has 2 heterocycles. The molecule has 0 N–H and O–H groups in total. The first-order valence-corrected chi connectivity index (χ1v) is 10.5. The first-order valence-electron chi connectivity index (χ1n) is 9.24. The maximum atomic E-state index is 13.1. The number of hydrogen-bond acceptors (Lipinski definition) is 4. The normalized spacial score (nSPS) is 16.3. The van der Waals surface area contributed by atoms with Gasteiger partial charge in [0.15, 0.2) is 0 Å². The quantitative estimate of drug-likeness (QED) is 0.439. The molecule has 0 aliphatic carbocycles. The Hall–Kier alpha value is -2.50. The third-order valence-electron chi connectivity index (χ3n) is 4.58. The van der Waals surface area contributed by atoms with E-state index in [2.05, 4.69) is 0 Å². The van der Waals surface area contributed by atoms with Crippen molar-refractivity contribution in [2.24, 2.45) is 0 Å². The fraction of sp³-hybridized carbons (Fsp3) is 0.217. The van der Waals surface area contributed by atoms with Crippen LogP contribution in [0.5, 0.6) is 0 Å². The minimum Gasteiger partial charge on any atom is -0.443 e. The van der Waals surface area contributed by atoms with Crippen LogP contribution in [-0.2, 0) is 9.53 Å². The molecule has 1 atom stereocenters. The van der Waals surface area contributed by atoms with Gasteiger partial charge in [0.25, 0.3) is 0 Å². The van der Waals surface area contributed by atoms with Crippen molar-refractivity contribution < 1.29 is 14.3 Å². The van der Waals surface area contributed by atoms with Gasteiger partial charge in [0.2, 0.25) is 0 Å². The summed E-state index contributed by atoms with van der Waals surface area (Å²) in [6.07, 6.45) is 2.31. The average molecular weight is 426 g/mol. The Morgan fingerprint density at radius 2 is 1.93 bits per heavy atom. The number of aromatic nitrogens is 1. The van der Waals surface area contributed by atoms with Gasteiger partial charge in [0.1, 0.15) is 11.9 Å². The molecule has 0 fully saturated rings. The smallest absolute Gasteiger partial charge is 0.419 e. The Bertz CT molecular complexity index is 1160. The van der Waals surface area contributed by atoms with Crippen LogP contribution in [0.25, 0.3) is 17.0 Å². The van der Waals surface area contributed by atoms with Crippen LogP contribution in [0.2, 0.25) is 5.02 Å². The van der Waals surface area contributed by atoms with Crippen molar-refractivity contribution in [1.29, 1.82) is 0 Å². The molecular weight excluding hydrogens is 406 g/mol. The van der Waals surface area contributed by atoms with E-state index in [9.17, 15) is 9.59 Å². The van der Waals surface area contributed by atoms with Crippen molar-refractivity contribution in [3.8, 4) is 0 Å². The van der Waals surface area contributed by atoms with Crippen LogP contribution in [0.1, 0.15) is 37.1 Å². The molecule has 0 spiro atoms. The maximum absolute atomic E-state index is 13.1. The molecule has 1 aliphatic rings. The lowest BCUT2D eigenvalue weighted by molar-refractivity contribution is -0.104. The molecule has 6 heteroatoms. The van der Waals surface area contributed by atoms with Gasteiger partial charge in [-0.15, -0.1) is 0 Å². The van der Waals surface area contributed by atoms with Gasteiger partial charge in [-0.1, -0.05) is 53.7 Å². The van der Waals surface area contributed by atoms with Gasteiger partial charge >= 0.3 is 6.09 Å². The fourth-order valence-corrected chi connectivity index (χ4v) is 4.97. The van der Waals surface area contributed by atoms with E-state index in [0.717, 1.165) is 33.3 Å². The molecule has 1 aromatic heterocycles. The van der Waals surface area contributed by atoms with Crippen molar-refractivity contribution in [3.05, 3.63) is 70.3 Å². The number of nitrogens with zero attached hydrogens (tertiary/aromatic N) is 1. The highest BCUT2D eigenvalue weighted by Crippen LogP contribution is 2.49. The van der Waals surface area contributed by atoms with Crippen LogP contribution in [0.15, 0.2) is 59.1 Å². The van der Waals surface area contributed by atoms with Crippen LogP contribution in [-0.4, -0.2) is 22.5 Å². The summed E-state index contributed by atoms with van der Waals surface area (Å²) < 4.78 is 7.28. The topological polar surface area (TPSA) is 48.3 Å². The molecule has 3 aromatic rings. The number of carbonyl (C=O) groups is 2. The maximum Gasteiger partial charge on any atom is 0.419 e. The van der Waals surface area contributed by atoms with E-state index in [-0.39, 0.29) is 5.25 Å². The number of aldehydes is 1. The number of hydrogen-bond donors (Lipinski definition) is 0. The zero-order chi connectivity index (χ0) is 20.8. The first-order chi connectivity index (χ1) is 13.8. The molecule has 4 nitrogen and oxygen atoms in total. The fourth-order valence-electron chi connectivity index (χ4n) is 3.43. The summed E-state index contributed by atoms with van der Waals surface area (Å²) in [6.45, 7) is 5.53. The summed E-state index contributed by atoms with van der Waals surface area (Å²) in [7, 11) is 0. The minimum absolute atomic E-state index is 0.260. The number of para-hydroxylation sites is 1. The molecule has 4 rings (SSSR count). The van der Waals surface area contributed by atoms with E-state index < -0.39 is 11.7 Å². The van der Waals surface area contributed by atoms with Crippen LogP contribution in [0.4, 0.5) is 4.79 Å². The molecule has 0 saturated carbocycles. The second-order valence-corrected chi connectivity index (χ2v) is 9.40. The van der Waals surface area contributed by atoms with E-state index in [1.807, 2.05) is 69.3 Å². The van der Waals surface area contributed by atoms with Crippen LogP contribution in [0, 0.1) is 0 Å². The number of thioether (sulfide) groups is 1. The van der Waals surface area contributed by atoms with E-state index in [4.69, 9.17) is 16.3 Å². The van der Waals surface area contributed by atoms with Gasteiger partial charge in [0.05, 0.1) is 15.8 Å². The Labute approximate surface area is 178 Å². The van der Waals surface area contributed by atoms with Crippen molar-refractivity contribution >= 4 is 52.7 Å². The van der Waals surface area contributed by atoms with Crippen LogP contribution in [0.3, 0.4) is 0 Å². The van der Waals surface area contributed by atoms with Gasteiger partial charge in [-0.3, -0.25) is 4.79 Å². The Morgan fingerprint density at radius 3 is 2.62 bits per heavy atom. The molecular formula is C23H20ClNO3S. The summed E-state index contributed by atoms with van der Waals surface area (Å²) in [5, 5.41) is 2.01. The van der Waals surface area contributed by atoms with Crippen molar-refractivity contribution in [2.75, 3.05) is 0 Å². The van der Waals surface area contributed by atoms with Gasteiger partial charge in [-0.05, 0) is 50.6 Å². The summed E-state index contributed by atoms with van der Waals surface area (Å²) in [4.78, 5) is 25.0. The lowest BCUT2D eigenvalue weighted by Crippen LogP contribution is -2.27. The van der Waals surface area contributed by atoms with E-state index in [1.54, 1.807) is 10.6 Å². The molecule has 0 amide bonds. The number of carbonyl (C=O) groups excluding carboxylic acids is 2. The van der Waals surface area contributed by atoms with Crippen molar-refractivity contribution in [1.82, 2.24) is 4.57 Å². The monoisotopic (exact) mass is 425 g/mol. The lowest BCUT2D eigenvalue weighted by Gasteiger charge is -2.24.